The van der Waals surface area contributed by atoms with Crippen molar-refractivity contribution in [2.45, 2.75) is 37.6 Å². The molecule has 2 nitrogen and oxygen atoms in total. The topological polar surface area (TPSA) is 38.9 Å². The van der Waals surface area contributed by atoms with Crippen LogP contribution < -0.4 is 5.73 Å². The summed E-state index contributed by atoms with van der Waals surface area (Å²) >= 11 is 3.86. The van der Waals surface area contributed by atoms with Crippen LogP contribution in [-0.4, -0.2) is 16.5 Å². The Labute approximate surface area is 98.7 Å². The van der Waals surface area contributed by atoms with Crippen LogP contribution in [0.15, 0.2) is 0 Å². The molecule has 1 aromatic rings. The van der Waals surface area contributed by atoms with Crippen LogP contribution in [0.4, 0.5) is 0 Å². The first-order valence-corrected chi connectivity index (χ1v) is 7.61. The second-order valence-corrected chi connectivity index (χ2v) is 6.74. The van der Waals surface area contributed by atoms with Gasteiger partial charge in [-0.1, -0.05) is 0 Å². The van der Waals surface area contributed by atoms with Crippen molar-refractivity contribution in [3.05, 3.63) is 15.6 Å². The van der Waals surface area contributed by atoms with E-state index in [0.29, 0.717) is 0 Å². The van der Waals surface area contributed by atoms with E-state index in [1.165, 1.54) is 47.0 Å². The monoisotopic (exact) mass is 240 g/mol. The normalized spacial score (nSPS) is 30.5. The van der Waals surface area contributed by atoms with Gasteiger partial charge in [-0.2, -0.15) is 11.8 Å². The average Bonchev–Trinajstić information content (AvgIpc) is 2.77. The molecule has 82 valence electrons. The van der Waals surface area contributed by atoms with Crippen molar-refractivity contribution in [1.29, 1.82) is 0 Å². The molecule has 1 atom stereocenters. The molecule has 1 aliphatic heterocycles. The van der Waals surface area contributed by atoms with Crippen molar-refractivity contribution in [1.82, 2.24) is 4.98 Å². The predicted octanol–water partition coefficient (Wildman–Crippen LogP) is 2.31. The fraction of sp³-hybridized carbons (Fsp3) is 0.727. The maximum absolute atomic E-state index is 6.47. The van der Waals surface area contributed by atoms with Gasteiger partial charge >= 0.3 is 0 Å². The lowest BCUT2D eigenvalue weighted by molar-refractivity contribution is 0.443. The Morgan fingerprint density at radius 3 is 2.93 bits per heavy atom. The van der Waals surface area contributed by atoms with E-state index in [4.69, 9.17) is 10.7 Å². The molecule has 0 spiro atoms. The number of thiazole rings is 1. The van der Waals surface area contributed by atoms with Crippen LogP contribution in [0, 0.1) is 0 Å². The van der Waals surface area contributed by atoms with Crippen LogP contribution in [0.25, 0.3) is 0 Å². The van der Waals surface area contributed by atoms with Crippen molar-refractivity contribution < 1.29 is 0 Å². The van der Waals surface area contributed by atoms with Crippen LogP contribution in [0.2, 0.25) is 0 Å². The molecule has 1 aromatic heterocycles. The van der Waals surface area contributed by atoms with Crippen LogP contribution in [0.1, 0.15) is 34.8 Å². The highest BCUT2D eigenvalue weighted by Crippen LogP contribution is 2.38. The average molecular weight is 240 g/mol. The van der Waals surface area contributed by atoms with E-state index >= 15 is 0 Å². The third-order valence-electron chi connectivity index (χ3n) is 3.29. The van der Waals surface area contributed by atoms with Gasteiger partial charge in [-0.25, -0.2) is 4.98 Å². The molecule has 2 N–H and O–H groups in total. The highest BCUT2D eigenvalue weighted by atomic mass is 32.2. The SMILES string of the molecule is NC1(c2nc3c(s2)CCC3)CCCSC1. The van der Waals surface area contributed by atoms with Crippen molar-refractivity contribution >= 4 is 23.1 Å². The standard InChI is InChI=1S/C11H16N2S2/c12-11(5-2-6-14-7-11)10-13-8-3-1-4-9(8)15-10/h1-7,12H2. The lowest BCUT2D eigenvalue weighted by Gasteiger charge is -2.30. The second kappa shape index (κ2) is 3.75. The summed E-state index contributed by atoms with van der Waals surface area (Å²) in [4.78, 5) is 6.27. The van der Waals surface area contributed by atoms with Crippen LogP contribution in [-0.2, 0) is 18.4 Å². The summed E-state index contributed by atoms with van der Waals surface area (Å²) in [6.45, 7) is 0. The van der Waals surface area contributed by atoms with Gasteiger partial charge in [0.1, 0.15) is 5.01 Å². The number of hydrogen-bond donors (Lipinski definition) is 1. The zero-order valence-corrected chi connectivity index (χ0v) is 10.4. The maximum atomic E-state index is 6.47. The molecule has 3 rings (SSSR count). The molecule has 1 saturated heterocycles. The molecule has 2 heterocycles. The highest BCUT2D eigenvalue weighted by Gasteiger charge is 2.34. The fourth-order valence-corrected chi connectivity index (χ4v) is 4.90. The third kappa shape index (κ3) is 1.73. The van der Waals surface area contributed by atoms with Gasteiger partial charge in [-0.3, -0.25) is 0 Å². The summed E-state index contributed by atoms with van der Waals surface area (Å²) in [5, 5.41) is 1.21. The molecule has 15 heavy (non-hydrogen) atoms. The Balaban J connectivity index is 1.91. The van der Waals surface area contributed by atoms with Gasteiger partial charge in [0.15, 0.2) is 0 Å². The molecular formula is C11H16N2S2. The van der Waals surface area contributed by atoms with E-state index in [9.17, 15) is 0 Å². The summed E-state index contributed by atoms with van der Waals surface area (Å²) in [5.74, 6) is 2.32. The van der Waals surface area contributed by atoms with Crippen LogP contribution in [0.3, 0.4) is 0 Å². The predicted molar refractivity (Wildman–Crippen MR) is 66.6 cm³/mol. The lowest BCUT2D eigenvalue weighted by atomic mass is 9.98. The summed E-state index contributed by atoms with van der Waals surface area (Å²) < 4.78 is 0. The number of fused-ring (bicyclic) bond motifs is 1. The second-order valence-electron chi connectivity index (χ2n) is 4.55. The van der Waals surface area contributed by atoms with Crippen molar-refractivity contribution in [2.75, 3.05) is 11.5 Å². The Hall–Kier alpha value is -0.0600. The first-order valence-electron chi connectivity index (χ1n) is 5.64. The number of aryl methyl sites for hydroxylation is 2. The van der Waals surface area contributed by atoms with Gasteiger partial charge in [-0.05, 0) is 37.9 Å². The molecular weight excluding hydrogens is 224 g/mol. The molecule has 0 aromatic carbocycles. The van der Waals surface area contributed by atoms with E-state index in [-0.39, 0.29) is 5.54 Å². The number of aromatic nitrogens is 1. The van der Waals surface area contributed by atoms with E-state index in [1.54, 1.807) is 0 Å². The van der Waals surface area contributed by atoms with E-state index in [0.717, 1.165) is 12.2 Å². The minimum absolute atomic E-state index is 0.113. The maximum Gasteiger partial charge on any atom is 0.114 e. The molecule has 0 saturated carbocycles. The van der Waals surface area contributed by atoms with Gasteiger partial charge in [-0.15, -0.1) is 11.3 Å². The third-order valence-corrected chi connectivity index (χ3v) is 5.97. The van der Waals surface area contributed by atoms with Crippen molar-refractivity contribution in [3.8, 4) is 0 Å². The minimum atomic E-state index is -0.113. The molecule has 1 aliphatic carbocycles. The molecule has 4 heteroatoms. The van der Waals surface area contributed by atoms with E-state index in [1.807, 2.05) is 23.1 Å². The summed E-state index contributed by atoms with van der Waals surface area (Å²) in [5.41, 5.74) is 7.70. The summed E-state index contributed by atoms with van der Waals surface area (Å²) in [7, 11) is 0. The van der Waals surface area contributed by atoms with Crippen molar-refractivity contribution in [3.63, 3.8) is 0 Å². The first-order chi connectivity index (χ1) is 7.28. The number of rotatable bonds is 1. The zero-order valence-electron chi connectivity index (χ0n) is 8.79. The van der Waals surface area contributed by atoms with Crippen LogP contribution in [0.5, 0.6) is 0 Å². The summed E-state index contributed by atoms with van der Waals surface area (Å²) in [6, 6.07) is 0. The van der Waals surface area contributed by atoms with Gasteiger partial charge < -0.3 is 5.73 Å². The van der Waals surface area contributed by atoms with Crippen LogP contribution >= 0.6 is 23.1 Å². The zero-order chi connectivity index (χ0) is 10.3. The molecule has 0 amide bonds. The number of thioether (sulfide) groups is 1. The minimum Gasteiger partial charge on any atom is -0.319 e. The highest BCUT2D eigenvalue weighted by molar-refractivity contribution is 7.99. The smallest absolute Gasteiger partial charge is 0.114 e. The van der Waals surface area contributed by atoms with Gasteiger partial charge in [0.05, 0.1) is 11.2 Å². The molecule has 1 fully saturated rings. The molecule has 0 radical (unpaired) electrons. The fourth-order valence-electron chi connectivity index (χ4n) is 2.39. The Kier molecular flexibility index (Phi) is 2.53. The lowest BCUT2D eigenvalue weighted by Crippen LogP contribution is -2.41. The number of nitrogens with two attached hydrogens (primary N) is 1. The first kappa shape index (κ1) is 10.1. The molecule has 2 aliphatic rings. The van der Waals surface area contributed by atoms with Gasteiger partial charge in [0.25, 0.3) is 0 Å². The summed E-state index contributed by atoms with van der Waals surface area (Å²) in [6.07, 6.45) is 6.06. The number of hydrogen-bond acceptors (Lipinski definition) is 4. The Bertz CT molecular complexity index is 345. The van der Waals surface area contributed by atoms with Gasteiger partial charge in [0.2, 0.25) is 0 Å². The van der Waals surface area contributed by atoms with E-state index in [2.05, 4.69) is 0 Å². The molecule has 1 unspecified atom stereocenters. The largest absolute Gasteiger partial charge is 0.319 e. The molecule has 0 bridgehead atoms. The van der Waals surface area contributed by atoms with E-state index < -0.39 is 0 Å². The Morgan fingerprint density at radius 2 is 2.20 bits per heavy atom. The quantitative estimate of drug-likeness (QED) is 0.819. The Morgan fingerprint density at radius 1 is 1.27 bits per heavy atom. The van der Waals surface area contributed by atoms with Gasteiger partial charge in [0, 0.05) is 10.6 Å². The van der Waals surface area contributed by atoms with Crippen molar-refractivity contribution in [2.24, 2.45) is 5.73 Å². The number of nitrogens with zero attached hydrogens (tertiary/aromatic N) is 1.